The van der Waals surface area contributed by atoms with Gasteiger partial charge in [0.25, 0.3) is 5.91 Å². The van der Waals surface area contributed by atoms with E-state index in [9.17, 15) is 4.79 Å². The van der Waals surface area contributed by atoms with Gasteiger partial charge in [0.05, 0.1) is 0 Å². The SMILES string of the molecule is CCCCCCCCCCCC(C)=NNC(=O)c1ccccn1. The Morgan fingerprint density at radius 3 is 2.30 bits per heavy atom. The van der Waals surface area contributed by atoms with E-state index < -0.39 is 0 Å². The van der Waals surface area contributed by atoms with E-state index in [4.69, 9.17) is 0 Å². The molecule has 0 atom stereocenters. The fourth-order valence-corrected chi connectivity index (χ4v) is 2.45. The summed E-state index contributed by atoms with van der Waals surface area (Å²) in [6.07, 6.45) is 14.4. The highest BCUT2D eigenvalue weighted by molar-refractivity contribution is 5.93. The van der Waals surface area contributed by atoms with Gasteiger partial charge in [-0.05, 0) is 31.9 Å². The Morgan fingerprint density at radius 2 is 1.70 bits per heavy atom. The molecule has 0 saturated carbocycles. The van der Waals surface area contributed by atoms with Crippen molar-refractivity contribution in [2.45, 2.75) is 78.1 Å². The number of amides is 1. The van der Waals surface area contributed by atoms with Crippen molar-refractivity contribution in [1.29, 1.82) is 0 Å². The van der Waals surface area contributed by atoms with Crippen molar-refractivity contribution in [2.75, 3.05) is 0 Å². The summed E-state index contributed by atoms with van der Waals surface area (Å²) < 4.78 is 0. The minimum atomic E-state index is -0.253. The first kappa shape index (κ1) is 19.3. The molecule has 0 unspecified atom stereocenters. The highest BCUT2D eigenvalue weighted by atomic mass is 16.2. The monoisotopic (exact) mass is 317 g/mol. The van der Waals surface area contributed by atoms with E-state index in [0.29, 0.717) is 5.69 Å². The van der Waals surface area contributed by atoms with E-state index in [2.05, 4.69) is 22.4 Å². The van der Waals surface area contributed by atoms with Crippen molar-refractivity contribution >= 4 is 11.6 Å². The Kier molecular flexibility index (Phi) is 10.8. The molecule has 4 nitrogen and oxygen atoms in total. The van der Waals surface area contributed by atoms with Crippen molar-refractivity contribution in [3.8, 4) is 0 Å². The average molecular weight is 317 g/mol. The Morgan fingerprint density at radius 1 is 1.04 bits per heavy atom. The Labute approximate surface area is 140 Å². The molecule has 128 valence electrons. The van der Waals surface area contributed by atoms with Crippen LogP contribution in [0, 0.1) is 0 Å². The van der Waals surface area contributed by atoms with Crippen LogP contribution in [0.2, 0.25) is 0 Å². The summed E-state index contributed by atoms with van der Waals surface area (Å²) in [7, 11) is 0. The molecule has 23 heavy (non-hydrogen) atoms. The molecule has 0 aliphatic rings. The predicted molar refractivity (Wildman–Crippen MR) is 96.7 cm³/mol. The fourth-order valence-electron chi connectivity index (χ4n) is 2.45. The number of hydrogen-bond donors (Lipinski definition) is 1. The van der Waals surface area contributed by atoms with Crippen LogP contribution in [0.15, 0.2) is 29.5 Å². The van der Waals surface area contributed by atoms with E-state index in [1.807, 2.05) is 6.92 Å². The van der Waals surface area contributed by atoms with Crippen LogP contribution >= 0.6 is 0 Å². The van der Waals surface area contributed by atoms with E-state index >= 15 is 0 Å². The molecule has 1 heterocycles. The lowest BCUT2D eigenvalue weighted by atomic mass is 10.1. The van der Waals surface area contributed by atoms with Crippen molar-refractivity contribution in [3.63, 3.8) is 0 Å². The first-order valence-corrected chi connectivity index (χ1v) is 8.98. The molecule has 0 fully saturated rings. The summed E-state index contributed by atoms with van der Waals surface area (Å²) in [5.41, 5.74) is 3.93. The van der Waals surface area contributed by atoms with Crippen LogP contribution in [0.4, 0.5) is 0 Å². The highest BCUT2D eigenvalue weighted by Crippen LogP contribution is 2.10. The second kappa shape index (κ2) is 12.8. The van der Waals surface area contributed by atoms with Gasteiger partial charge in [-0.2, -0.15) is 5.10 Å². The van der Waals surface area contributed by atoms with Gasteiger partial charge < -0.3 is 0 Å². The third-order valence-corrected chi connectivity index (χ3v) is 3.89. The van der Waals surface area contributed by atoms with E-state index in [0.717, 1.165) is 18.6 Å². The van der Waals surface area contributed by atoms with E-state index in [-0.39, 0.29) is 5.91 Å². The lowest BCUT2D eigenvalue weighted by Crippen LogP contribution is -2.20. The lowest BCUT2D eigenvalue weighted by molar-refractivity contribution is 0.0949. The molecule has 1 aromatic rings. The highest BCUT2D eigenvalue weighted by Gasteiger charge is 2.04. The van der Waals surface area contributed by atoms with Crippen molar-refractivity contribution in [1.82, 2.24) is 10.4 Å². The molecular weight excluding hydrogens is 286 g/mol. The average Bonchev–Trinajstić information content (AvgIpc) is 2.59. The van der Waals surface area contributed by atoms with E-state index in [1.165, 1.54) is 51.4 Å². The molecule has 0 radical (unpaired) electrons. The molecule has 0 aliphatic carbocycles. The predicted octanol–water partition coefficient (Wildman–Crippen LogP) is 5.11. The van der Waals surface area contributed by atoms with Crippen LogP contribution in [0.5, 0.6) is 0 Å². The summed E-state index contributed by atoms with van der Waals surface area (Å²) in [4.78, 5) is 15.8. The van der Waals surface area contributed by atoms with Crippen molar-refractivity contribution in [2.24, 2.45) is 5.10 Å². The van der Waals surface area contributed by atoms with Gasteiger partial charge in [-0.25, -0.2) is 5.43 Å². The minimum Gasteiger partial charge on any atom is -0.266 e. The van der Waals surface area contributed by atoms with Gasteiger partial charge in [0, 0.05) is 11.9 Å². The summed E-state index contributed by atoms with van der Waals surface area (Å²) in [5.74, 6) is -0.253. The number of hydrazone groups is 1. The zero-order chi connectivity index (χ0) is 16.8. The van der Waals surface area contributed by atoms with Gasteiger partial charge in [-0.1, -0.05) is 64.4 Å². The Balaban J connectivity index is 2.05. The van der Waals surface area contributed by atoms with Gasteiger partial charge in [-0.15, -0.1) is 0 Å². The molecule has 0 aliphatic heterocycles. The lowest BCUT2D eigenvalue weighted by Gasteiger charge is -2.03. The standard InChI is InChI=1S/C19H31N3O/c1-3-4-5-6-7-8-9-10-11-14-17(2)21-22-19(23)18-15-12-13-16-20-18/h12-13,15-16H,3-11,14H2,1-2H3,(H,22,23). The zero-order valence-corrected chi connectivity index (χ0v) is 14.7. The Hall–Kier alpha value is -1.71. The number of carbonyl (C=O) groups excluding carboxylic acids is 1. The third kappa shape index (κ3) is 9.82. The molecular formula is C19H31N3O. The number of carbonyl (C=O) groups is 1. The van der Waals surface area contributed by atoms with Crippen molar-refractivity contribution < 1.29 is 4.79 Å². The molecule has 4 heteroatoms. The summed E-state index contributed by atoms with van der Waals surface area (Å²) in [5, 5.41) is 4.15. The molecule has 0 bridgehead atoms. The maximum Gasteiger partial charge on any atom is 0.289 e. The number of hydrogen-bond acceptors (Lipinski definition) is 3. The quantitative estimate of drug-likeness (QED) is 0.331. The first-order valence-electron chi connectivity index (χ1n) is 8.98. The van der Waals surface area contributed by atoms with Crippen LogP contribution in [0.25, 0.3) is 0 Å². The van der Waals surface area contributed by atoms with Crippen molar-refractivity contribution in [3.05, 3.63) is 30.1 Å². The smallest absolute Gasteiger partial charge is 0.266 e. The second-order valence-electron chi connectivity index (χ2n) is 6.08. The summed E-state index contributed by atoms with van der Waals surface area (Å²) in [6, 6.07) is 5.26. The maximum atomic E-state index is 11.8. The normalized spacial score (nSPS) is 11.5. The minimum absolute atomic E-state index is 0.253. The number of pyridine rings is 1. The van der Waals surface area contributed by atoms with Crippen LogP contribution < -0.4 is 5.43 Å². The van der Waals surface area contributed by atoms with Crippen LogP contribution in [0.3, 0.4) is 0 Å². The number of rotatable bonds is 12. The molecule has 1 amide bonds. The van der Waals surface area contributed by atoms with Crippen LogP contribution in [-0.4, -0.2) is 16.6 Å². The maximum absolute atomic E-state index is 11.8. The van der Waals surface area contributed by atoms with Crippen LogP contribution in [-0.2, 0) is 0 Å². The van der Waals surface area contributed by atoms with Gasteiger partial charge >= 0.3 is 0 Å². The largest absolute Gasteiger partial charge is 0.289 e. The number of nitrogens with one attached hydrogen (secondary N) is 1. The summed E-state index contributed by atoms with van der Waals surface area (Å²) >= 11 is 0. The molecule has 1 rings (SSSR count). The Bertz CT molecular complexity index is 457. The number of unbranched alkanes of at least 4 members (excludes halogenated alkanes) is 8. The molecule has 1 N–H and O–H groups in total. The number of nitrogens with zero attached hydrogens (tertiary/aromatic N) is 2. The molecule has 0 aromatic carbocycles. The van der Waals surface area contributed by atoms with E-state index in [1.54, 1.807) is 24.4 Å². The fraction of sp³-hybridized carbons (Fsp3) is 0.632. The molecule has 1 aromatic heterocycles. The van der Waals surface area contributed by atoms with Crippen LogP contribution in [0.1, 0.15) is 88.5 Å². The van der Waals surface area contributed by atoms with Gasteiger partial charge in [0.15, 0.2) is 0 Å². The molecule has 0 saturated heterocycles. The van der Waals surface area contributed by atoms with Gasteiger partial charge in [0.1, 0.15) is 5.69 Å². The molecule has 0 spiro atoms. The zero-order valence-electron chi connectivity index (χ0n) is 14.7. The first-order chi connectivity index (χ1) is 11.2. The number of aromatic nitrogens is 1. The summed E-state index contributed by atoms with van der Waals surface area (Å²) in [6.45, 7) is 4.21. The topological polar surface area (TPSA) is 54.4 Å². The second-order valence-corrected chi connectivity index (χ2v) is 6.08. The van der Waals surface area contributed by atoms with Gasteiger partial charge in [-0.3, -0.25) is 9.78 Å². The van der Waals surface area contributed by atoms with Gasteiger partial charge in [0.2, 0.25) is 0 Å². The third-order valence-electron chi connectivity index (χ3n) is 3.89.